The summed E-state index contributed by atoms with van der Waals surface area (Å²) in [7, 11) is 0. The highest BCUT2D eigenvalue weighted by atomic mass is 35.5. The van der Waals surface area contributed by atoms with Crippen LogP contribution in [0, 0.1) is 0 Å². The second-order valence-corrected chi connectivity index (χ2v) is 5.27. The average molecular weight is 242 g/mol. The second-order valence-electron chi connectivity index (χ2n) is 5.27. The van der Waals surface area contributed by atoms with E-state index in [1.807, 2.05) is 0 Å². The molecule has 0 amide bonds. The lowest BCUT2D eigenvalue weighted by Crippen LogP contribution is -2.13. The Bertz CT molecular complexity index is 298. The molecular formula is C14H24ClN. The summed E-state index contributed by atoms with van der Waals surface area (Å²) >= 11 is 0. The fourth-order valence-electron chi connectivity index (χ4n) is 1.71. The molecule has 92 valence electrons. The number of rotatable bonds is 3. The predicted molar refractivity (Wildman–Crippen MR) is 74.2 cm³/mol. The zero-order chi connectivity index (χ0) is 11.5. The number of hydrogen-bond donors (Lipinski definition) is 1. The molecule has 0 unspecified atom stereocenters. The van der Waals surface area contributed by atoms with Crippen molar-refractivity contribution in [3.8, 4) is 0 Å². The van der Waals surface area contributed by atoms with Gasteiger partial charge in [-0.05, 0) is 23.0 Å². The van der Waals surface area contributed by atoms with Crippen molar-refractivity contribution in [2.45, 2.75) is 52.0 Å². The fourth-order valence-corrected chi connectivity index (χ4v) is 1.71. The van der Waals surface area contributed by atoms with Crippen LogP contribution in [0.4, 0.5) is 0 Å². The summed E-state index contributed by atoms with van der Waals surface area (Å²) in [5, 5.41) is 0. The predicted octanol–water partition coefficient (Wildman–Crippen LogP) is 4.21. The van der Waals surface area contributed by atoms with E-state index in [0.29, 0.717) is 0 Å². The first-order valence-electron chi connectivity index (χ1n) is 5.81. The summed E-state index contributed by atoms with van der Waals surface area (Å²) in [6.07, 6.45) is 2.21. The molecule has 0 fully saturated rings. The Labute approximate surface area is 106 Å². The summed E-state index contributed by atoms with van der Waals surface area (Å²) in [4.78, 5) is 0. The van der Waals surface area contributed by atoms with E-state index in [1.165, 1.54) is 11.1 Å². The summed E-state index contributed by atoms with van der Waals surface area (Å²) in [5.74, 6) is 0. The lowest BCUT2D eigenvalue weighted by Gasteiger charge is -2.20. The molecule has 1 rings (SSSR count). The first kappa shape index (κ1) is 15.5. The molecule has 0 aliphatic carbocycles. The maximum absolute atomic E-state index is 6.06. The molecule has 0 heterocycles. The van der Waals surface area contributed by atoms with Crippen molar-refractivity contribution in [3.63, 3.8) is 0 Å². The Morgan fingerprint density at radius 2 is 1.62 bits per heavy atom. The van der Waals surface area contributed by atoms with Gasteiger partial charge in [0.05, 0.1) is 0 Å². The van der Waals surface area contributed by atoms with Crippen molar-refractivity contribution in [2.75, 3.05) is 0 Å². The third kappa shape index (κ3) is 4.15. The van der Waals surface area contributed by atoms with Gasteiger partial charge < -0.3 is 5.73 Å². The summed E-state index contributed by atoms with van der Waals surface area (Å²) in [6.45, 7) is 8.86. The van der Waals surface area contributed by atoms with Crippen molar-refractivity contribution in [1.29, 1.82) is 0 Å². The molecule has 0 aromatic heterocycles. The third-order valence-electron chi connectivity index (χ3n) is 2.80. The minimum Gasteiger partial charge on any atom is -0.324 e. The van der Waals surface area contributed by atoms with Crippen molar-refractivity contribution in [1.82, 2.24) is 0 Å². The van der Waals surface area contributed by atoms with Crippen molar-refractivity contribution >= 4 is 12.4 Å². The van der Waals surface area contributed by atoms with E-state index in [-0.39, 0.29) is 23.9 Å². The lowest BCUT2D eigenvalue weighted by molar-refractivity contribution is 0.588. The van der Waals surface area contributed by atoms with Gasteiger partial charge in [0.25, 0.3) is 0 Å². The topological polar surface area (TPSA) is 26.0 Å². The molecule has 0 bridgehead atoms. The molecule has 1 aromatic carbocycles. The van der Waals surface area contributed by atoms with Gasteiger partial charge in [0, 0.05) is 6.04 Å². The van der Waals surface area contributed by atoms with Crippen LogP contribution in [-0.2, 0) is 5.41 Å². The second kappa shape index (κ2) is 6.27. The quantitative estimate of drug-likeness (QED) is 0.843. The Morgan fingerprint density at radius 3 is 2.00 bits per heavy atom. The van der Waals surface area contributed by atoms with Gasteiger partial charge in [-0.25, -0.2) is 0 Å². The number of benzene rings is 1. The number of halogens is 1. The smallest absolute Gasteiger partial charge is 0.0294 e. The zero-order valence-electron chi connectivity index (χ0n) is 10.8. The van der Waals surface area contributed by atoms with Gasteiger partial charge in [-0.2, -0.15) is 0 Å². The molecule has 16 heavy (non-hydrogen) atoms. The molecule has 0 aliphatic rings. The van der Waals surface area contributed by atoms with Crippen LogP contribution in [0.1, 0.15) is 57.7 Å². The van der Waals surface area contributed by atoms with Crippen LogP contribution in [0.2, 0.25) is 0 Å². The molecular weight excluding hydrogens is 218 g/mol. The van der Waals surface area contributed by atoms with E-state index in [4.69, 9.17) is 5.73 Å². The Morgan fingerprint density at radius 1 is 1.12 bits per heavy atom. The van der Waals surface area contributed by atoms with E-state index >= 15 is 0 Å². The maximum atomic E-state index is 6.06. The van der Waals surface area contributed by atoms with E-state index in [1.54, 1.807) is 0 Å². The normalized spacial score (nSPS) is 13.1. The Hall–Kier alpha value is -0.530. The van der Waals surface area contributed by atoms with Crippen LogP contribution >= 0.6 is 12.4 Å². The highest BCUT2D eigenvalue weighted by molar-refractivity contribution is 5.85. The molecule has 2 heteroatoms. The zero-order valence-corrected chi connectivity index (χ0v) is 11.6. The lowest BCUT2D eigenvalue weighted by atomic mass is 9.86. The van der Waals surface area contributed by atoms with Gasteiger partial charge in [0.1, 0.15) is 0 Å². The third-order valence-corrected chi connectivity index (χ3v) is 2.80. The molecule has 2 N–H and O–H groups in total. The molecule has 0 radical (unpaired) electrons. The largest absolute Gasteiger partial charge is 0.324 e. The van der Waals surface area contributed by atoms with E-state index in [0.717, 1.165) is 12.8 Å². The monoisotopic (exact) mass is 241 g/mol. The average Bonchev–Trinajstić information content (AvgIpc) is 2.17. The molecule has 0 aliphatic heterocycles. The van der Waals surface area contributed by atoms with Crippen molar-refractivity contribution < 1.29 is 0 Å². The van der Waals surface area contributed by atoms with Gasteiger partial charge in [0.15, 0.2) is 0 Å². The van der Waals surface area contributed by atoms with Crippen molar-refractivity contribution in [3.05, 3.63) is 35.4 Å². The first-order valence-corrected chi connectivity index (χ1v) is 5.81. The minimum absolute atomic E-state index is 0. The summed E-state index contributed by atoms with van der Waals surface area (Å²) in [6, 6.07) is 8.93. The molecule has 0 saturated carbocycles. The van der Waals surface area contributed by atoms with Crippen LogP contribution in [0.5, 0.6) is 0 Å². The van der Waals surface area contributed by atoms with Crippen LogP contribution < -0.4 is 5.73 Å². The summed E-state index contributed by atoms with van der Waals surface area (Å²) < 4.78 is 0. The van der Waals surface area contributed by atoms with Gasteiger partial charge >= 0.3 is 0 Å². The van der Waals surface area contributed by atoms with Crippen LogP contribution in [0.25, 0.3) is 0 Å². The number of hydrogen-bond acceptors (Lipinski definition) is 1. The molecule has 0 spiro atoms. The fraction of sp³-hybridized carbons (Fsp3) is 0.571. The van der Waals surface area contributed by atoms with Gasteiger partial charge in [-0.1, -0.05) is 58.4 Å². The maximum Gasteiger partial charge on any atom is 0.0294 e. The van der Waals surface area contributed by atoms with Crippen LogP contribution in [-0.4, -0.2) is 0 Å². The van der Waals surface area contributed by atoms with E-state index in [2.05, 4.69) is 52.0 Å². The Kier molecular flexibility index (Phi) is 6.06. The highest BCUT2D eigenvalue weighted by Gasteiger charge is 2.13. The van der Waals surface area contributed by atoms with Gasteiger partial charge in [-0.15, -0.1) is 12.4 Å². The molecule has 1 aromatic rings. The molecule has 1 nitrogen and oxygen atoms in total. The standard InChI is InChI=1S/C14H23N.ClH/c1-5-6-13(15)11-7-9-12(10-8-11)14(2,3)4;/h7-10,13H,5-6,15H2,1-4H3;1H/t13-;/m1./s1. The van der Waals surface area contributed by atoms with E-state index in [9.17, 15) is 0 Å². The van der Waals surface area contributed by atoms with Gasteiger partial charge in [0.2, 0.25) is 0 Å². The molecule has 1 atom stereocenters. The first-order chi connectivity index (χ1) is 6.95. The van der Waals surface area contributed by atoms with Crippen molar-refractivity contribution in [2.24, 2.45) is 5.73 Å². The summed E-state index contributed by atoms with van der Waals surface area (Å²) in [5.41, 5.74) is 8.92. The highest BCUT2D eigenvalue weighted by Crippen LogP contribution is 2.24. The van der Waals surface area contributed by atoms with Crippen LogP contribution in [0.3, 0.4) is 0 Å². The van der Waals surface area contributed by atoms with E-state index < -0.39 is 0 Å². The SMILES string of the molecule is CCC[C@@H](N)c1ccc(C(C)(C)C)cc1.Cl. The number of nitrogens with two attached hydrogens (primary N) is 1. The van der Waals surface area contributed by atoms with Crippen LogP contribution in [0.15, 0.2) is 24.3 Å². The minimum atomic E-state index is 0. The molecule has 0 saturated heterocycles. The Balaban J connectivity index is 0.00000225. The van der Waals surface area contributed by atoms with Gasteiger partial charge in [-0.3, -0.25) is 0 Å².